The van der Waals surface area contributed by atoms with Crippen molar-refractivity contribution in [1.29, 1.82) is 0 Å². The van der Waals surface area contributed by atoms with Crippen LogP contribution in [0.1, 0.15) is 12.6 Å². The molecule has 0 spiro atoms. The summed E-state index contributed by atoms with van der Waals surface area (Å²) in [7, 11) is -3.80. The molecule has 170 valence electrons. The van der Waals surface area contributed by atoms with E-state index >= 15 is 0 Å². The van der Waals surface area contributed by atoms with Gasteiger partial charge >= 0.3 is 16.3 Å². The van der Waals surface area contributed by atoms with Gasteiger partial charge in [-0.1, -0.05) is 5.16 Å². The van der Waals surface area contributed by atoms with E-state index in [0.717, 1.165) is 25.4 Å². The molecule has 1 aliphatic rings. The van der Waals surface area contributed by atoms with Crippen LogP contribution in [0.15, 0.2) is 10.5 Å². The molecular weight excluding hydrogens is 482 g/mol. The van der Waals surface area contributed by atoms with Crippen molar-refractivity contribution in [1.82, 2.24) is 14.6 Å². The Kier molecular flexibility index (Phi) is 7.88. The van der Waals surface area contributed by atoms with E-state index in [-0.39, 0.29) is 21.0 Å². The van der Waals surface area contributed by atoms with Crippen molar-refractivity contribution in [2.24, 2.45) is 5.16 Å². The third-order valence-corrected chi connectivity index (χ3v) is 5.62. The third-order valence-electron chi connectivity index (χ3n) is 3.67. The molecule has 1 fully saturated rings. The summed E-state index contributed by atoms with van der Waals surface area (Å²) in [5, 5.41) is 9.64. The normalized spacial score (nSPS) is 18.8. The van der Waals surface area contributed by atoms with Gasteiger partial charge in [0.05, 0.1) is 0 Å². The van der Waals surface area contributed by atoms with Gasteiger partial charge in [-0.25, -0.2) is 9.29 Å². The Morgan fingerprint density at radius 1 is 1.42 bits per heavy atom. The van der Waals surface area contributed by atoms with E-state index in [4.69, 9.17) is 16.3 Å². The Balaban J connectivity index is 2.21. The number of hydrogen-bond acceptors (Lipinski definition) is 11. The van der Waals surface area contributed by atoms with Crippen LogP contribution in [0, 0.1) is 0 Å². The number of esters is 1. The lowest BCUT2D eigenvalue weighted by atomic mass is 9.99. The molecule has 17 heteroatoms. The van der Waals surface area contributed by atoms with E-state index in [1.807, 2.05) is 0 Å². The van der Waals surface area contributed by atoms with E-state index in [2.05, 4.69) is 25.6 Å². The number of β-lactam (4-membered cyclic amide) rings is 1. The van der Waals surface area contributed by atoms with Crippen molar-refractivity contribution >= 4 is 67.8 Å². The lowest BCUT2D eigenvalue weighted by Crippen LogP contribution is -2.73. The number of rotatable bonds is 9. The summed E-state index contributed by atoms with van der Waals surface area (Å²) in [5.41, 5.74) is -0.418. The summed E-state index contributed by atoms with van der Waals surface area (Å²) in [6.45, 7) is 0.450. The van der Waals surface area contributed by atoms with E-state index in [1.54, 1.807) is 0 Å². The highest BCUT2D eigenvalue weighted by Crippen LogP contribution is 2.24. The van der Waals surface area contributed by atoms with E-state index in [9.17, 15) is 32.1 Å². The van der Waals surface area contributed by atoms with Gasteiger partial charge in [0.15, 0.2) is 10.8 Å². The Morgan fingerprint density at radius 3 is 2.65 bits per heavy atom. The number of carbonyl (C=O) groups is 4. The number of nitrogens with one attached hydrogen (secondary N) is 2. The van der Waals surface area contributed by atoms with Crippen LogP contribution >= 0.6 is 22.9 Å². The van der Waals surface area contributed by atoms with Crippen molar-refractivity contribution in [3.05, 3.63) is 11.1 Å². The first-order valence-corrected chi connectivity index (χ1v) is 11.0. The molecule has 2 atom stereocenters. The Bertz CT molecular complexity index is 1030. The maximum atomic E-state index is 12.7. The SMILES string of the molecule is CO/N=C(\C(=O)N[C@H]1C(=O)N(S(=O)(=O)O)[C@H]1COC(C)=O)c1csc(NC(=O)CCl)n1. The van der Waals surface area contributed by atoms with Crippen LogP contribution < -0.4 is 10.6 Å². The minimum Gasteiger partial charge on any atom is -0.464 e. The number of thiazole rings is 1. The molecule has 2 rings (SSSR count). The highest BCUT2D eigenvalue weighted by atomic mass is 35.5. The first-order chi connectivity index (χ1) is 14.5. The van der Waals surface area contributed by atoms with Gasteiger partial charge in [0.1, 0.15) is 37.4 Å². The van der Waals surface area contributed by atoms with Gasteiger partial charge in [-0.3, -0.25) is 23.7 Å². The van der Waals surface area contributed by atoms with Crippen LogP contribution in [0.25, 0.3) is 0 Å². The topological polar surface area (TPSA) is 194 Å². The molecule has 31 heavy (non-hydrogen) atoms. The number of amides is 3. The minimum atomic E-state index is -4.95. The van der Waals surface area contributed by atoms with Gasteiger partial charge in [0.25, 0.3) is 11.8 Å². The molecule has 0 saturated carbocycles. The van der Waals surface area contributed by atoms with Crippen LogP contribution in [0.2, 0.25) is 0 Å². The predicted molar refractivity (Wildman–Crippen MR) is 106 cm³/mol. The molecule has 0 unspecified atom stereocenters. The number of anilines is 1. The molecule has 0 aromatic carbocycles. The molecule has 0 aliphatic carbocycles. The van der Waals surface area contributed by atoms with Crippen molar-refractivity contribution in [2.75, 3.05) is 24.9 Å². The minimum absolute atomic E-state index is 0.0239. The molecular formula is C14H16ClN5O9S2. The van der Waals surface area contributed by atoms with Crippen molar-refractivity contribution in [2.45, 2.75) is 19.0 Å². The average Bonchev–Trinajstić information content (AvgIpc) is 3.13. The van der Waals surface area contributed by atoms with Gasteiger partial charge in [0, 0.05) is 12.3 Å². The second kappa shape index (κ2) is 9.99. The number of nitrogens with zero attached hydrogens (tertiary/aromatic N) is 3. The fraction of sp³-hybridized carbons (Fsp3) is 0.429. The standard InChI is InChI=1S/C14H16ClN5O9S2/c1-6(21)29-4-8-11(13(24)20(8)31(25,26)27)18-12(23)10(19-28-2)7-5-30-14(16-7)17-9(22)3-15/h5,8,11H,3-4H2,1-2H3,(H,18,23)(H,16,17,22)(H,25,26,27)/b19-10-/t8-,11+/m0/s1. The molecule has 1 aromatic rings. The van der Waals surface area contributed by atoms with Crippen LogP contribution in [0.3, 0.4) is 0 Å². The first kappa shape index (κ1) is 24.4. The first-order valence-electron chi connectivity index (χ1n) is 8.17. The molecule has 14 nitrogen and oxygen atoms in total. The average molecular weight is 498 g/mol. The number of oxime groups is 1. The van der Waals surface area contributed by atoms with Crippen molar-refractivity contribution in [3.63, 3.8) is 0 Å². The highest BCUT2D eigenvalue weighted by molar-refractivity contribution is 7.84. The Hall–Kier alpha value is -2.82. The van der Waals surface area contributed by atoms with Gasteiger partial charge in [-0.05, 0) is 0 Å². The van der Waals surface area contributed by atoms with Crippen LogP contribution in [0.5, 0.6) is 0 Å². The molecule has 2 heterocycles. The predicted octanol–water partition coefficient (Wildman–Crippen LogP) is -1.27. The summed E-state index contributed by atoms with van der Waals surface area (Å²) in [6.07, 6.45) is 0. The number of carbonyl (C=O) groups excluding carboxylic acids is 4. The lowest BCUT2D eigenvalue weighted by molar-refractivity contribution is -0.154. The van der Waals surface area contributed by atoms with E-state index < -0.39 is 58.4 Å². The fourth-order valence-electron chi connectivity index (χ4n) is 2.43. The van der Waals surface area contributed by atoms with Gasteiger partial charge < -0.3 is 20.2 Å². The lowest BCUT2D eigenvalue weighted by Gasteiger charge is -2.43. The molecule has 0 radical (unpaired) electrons. The zero-order valence-corrected chi connectivity index (χ0v) is 18.3. The zero-order valence-electron chi connectivity index (χ0n) is 15.9. The maximum absolute atomic E-state index is 12.7. The molecule has 0 bridgehead atoms. The van der Waals surface area contributed by atoms with Gasteiger partial charge in [-0.2, -0.15) is 8.42 Å². The number of hydrogen-bond donors (Lipinski definition) is 3. The largest absolute Gasteiger partial charge is 0.464 e. The monoisotopic (exact) mass is 497 g/mol. The quantitative estimate of drug-likeness (QED) is 0.0924. The van der Waals surface area contributed by atoms with Gasteiger partial charge in [-0.15, -0.1) is 22.9 Å². The third kappa shape index (κ3) is 5.87. The Labute approximate surface area is 184 Å². The highest BCUT2D eigenvalue weighted by Gasteiger charge is 2.54. The van der Waals surface area contributed by atoms with Gasteiger partial charge in [0.2, 0.25) is 5.91 Å². The molecule has 1 aliphatic heterocycles. The summed E-state index contributed by atoms with van der Waals surface area (Å²) in [5.74, 6) is -3.75. The maximum Gasteiger partial charge on any atom is 0.362 e. The molecule has 3 N–H and O–H groups in total. The summed E-state index contributed by atoms with van der Waals surface area (Å²) in [4.78, 5) is 55.8. The van der Waals surface area contributed by atoms with Crippen molar-refractivity contribution in [3.8, 4) is 0 Å². The molecule has 3 amide bonds. The zero-order chi connectivity index (χ0) is 23.3. The number of alkyl halides is 1. The second-order valence-corrected chi connectivity index (χ2v) is 8.19. The summed E-state index contributed by atoms with van der Waals surface area (Å²) in [6, 6.07) is -2.84. The van der Waals surface area contributed by atoms with Crippen LogP contribution in [0.4, 0.5) is 5.13 Å². The molecule has 1 saturated heterocycles. The van der Waals surface area contributed by atoms with Crippen LogP contribution in [-0.4, -0.2) is 83.3 Å². The summed E-state index contributed by atoms with van der Waals surface area (Å²) < 4.78 is 36.8. The summed E-state index contributed by atoms with van der Waals surface area (Å²) >= 11 is 6.35. The smallest absolute Gasteiger partial charge is 0.362 e. The van der Waals surface area contributed by atoms with E-state index in [0.29, 0.717) is 0 Å². The Morgan fingerprint density at radius 2 is 2.10 bits per heavy atom. The van der Waals surface area contributed by atoms with Crippen molar-refractivity contribution < 1.29 is 41.7 Å². The second-order valence-electron chi connectivity index (χ2n) is 5.78. The molecule has 1 aromatic heterocycles. The van der Waals surface area contributed by atoms with E-state index in [1.165, 1.54) is 5.38 Å². The number of halogens is 1. The fourth-order valence-corrected chi connectivity index (χ4v) is 4.07. The number of aromatic nitrogens is 1. The van der Waals surface area contributed by atoms with Crippen LogP contribution in [-0.2, 0) is 39.1 Å². The number of ether oxygens (including phenoxy) is 1.